The SMILES string of the molecule is O=C(CC(Cc1ccccc1)c1cn(Cc2ccccc2)c2ccccc12)NCCN1CCCCC1. The van der Waals surface area contributed by atoms with Gasteiger partial charge in [0.25, 0.3) is 0 Å². The van der Waals surface area contributed by atoms with Gasteiger partial charge in [-0.1, -0.05) is 85.3 Å². The van der Waals surface area contributed by atoms with Crippen molar-refractivity contribution in [1.82, 2.24) is 14.8 Å². The summed E-state index contributed by atoms with van der Waals surface area (Å²) in [5.41, 5.74) is 5.03. The maximum absolute atomic E-state index is 13.2. The van der Waals surface area contributed by atoms with E-state index in [0.29, 0.717) is 6.42 Å². The molecule has 1 N–H and O–H groups in total. The second-order valence-corrected chi connectivity index (χ2v) is 10.1. The average molecular weight is 480 g/mol. The van der Waals surface area contributed by atoms with Gasteiger partial charge < -0.3 is 14.8 Å². The summed E-state index contributed by atoms with van der Waals surface area (Å²) in [6.07, 6.45) is 7.52. The van der Waals surface area contributed by atoms with Crippen LogP contribution in [0.5, 0.6) is 0 Å². The topological polar surface area (TPSA) is 37.3 Å². The van der Waals surface area contributed by atoms with E-state index in [1.165, 1.54) is 46.9 Å². The number of hydrogen-bond donors (Lipinski definition) is 1. The Bertz CT molecular complexity index is 1240. The highest BCUT2D eigenvalue weighted by molar-refractivity contribution is 5.86. The molecule has 0 saturated carbocycles. The molecule has 1 aliphatic heterocycles. The lowest BCUT2D eigenvalue weighted by Crippen LogP contribution is -2.38. The number of carbonyl (C=O) groups excluding carboxylic acids is 1. The van der Waals surface area contributed by atoms with Crippen LogP contribution >= 0.6 is 0 Å². The monoisotopic (exact) mass is 479 g/mol. The van der Waals surface area contributed by atoms with E-state index in [-0.39, 0.29) is 11.8 Å². The number of carbonyl (C=O) groups is 1. The Morgan fingerprint density at radius 3 is 2.22 bits per heavy atom. The minimum Gasteiger partial charge on any atom is -0.355 e. The Hall–Kier alpha value is -3.37. The highest BCUT2D eigenvalue weighted by atomic mass is 16.1. The van der Waals surface area contributed by atoms with Crippen LogP contribution in [0.1, 0.15) is 48.3 Å². The molecule has 1 aromatic heterocycles. The standard InChI is InChI=1S/C32H37N3O/c36-32(33-18-21-34-19-10-3-11-20-34)23-28(22-26-12-4-1-5-13-26)30-25-35(24-27-14-6-2-7-15-27)31-17-9-8-16-29(30)31/h1-2,4-9,12-17,25,28H,3,10-11,18-24H2,(H,33,36). The first kappa shape index (κ1) is 24.3. The van der Waals surface area contributed by atoms with E-state index in [1.54, 1.807) is 0 Å². The third-order valence-electron chi connectivity index (χ3n) is 7.41. The van der Waals surface area contributed by atoms with Crippen LogP contribution in [0.4, 0.5) is 0 Å². The second-order valence-electron chi connectivity index (χ2n) is 10.1. The van der Waals surface area contributed by atoms with Gasteiger partial charge in [0.2, 0.25) is 5.91 Å². The minimum atomic E-state index is 0.115. The fourth-order valence-corrected chi connectivity index (χ4v) is 5.53. The summed E-state index contributed by atoms with van der Waals surface area (Å²) in [4.78, 5) is 15.6. The van der Waals surface area contributed by atoms with Gasteiger partial charge in [-0.2, -0.15) is 0 Å². The molecule has 186 valence electrons. The molecule has 4 heteroatoms. The Balaban J connectivity index is 1.37. The van der Waals surface area contributed by atoms with E-state index in [4.69, 9.17) is 0 Å². The van der Waals surface area contributed by atoms with Crippen LogP contribution in [0.2, 0.25) is 0 Å². The number of para-hydroxylation sites is 1. The van der Waals surface area contributed by atoms with E-state index in [2.05, 4.69) is 106 Å². The largest absolute Gasteiger partial charge is 0.355 e. The number of likely N-dealkylation sites (tertiary alicyclic amines) is 1. The number of rotatable bonds is 10. The van der Waals surface area contributed by atoms with Crippen LogP contribution in [-0.2, 0) is 17.8 Å². The summed E-state index contributed by atoms with van der Waals surface area (Å²) < 4.78 is 2.34. The van der Waals surface area contributed by atoms with Crippen molar-refractivity contribution in [2.45, 2.75) is 44.6 Å². The van der Waals surface area contributed by atoms with Crippen molar-refractivity contribution < 1.29 is 4.79 Å². The van der Waals surface area contributed by atoms with Gasteiger partial charge in [0, 0.05) is 43.2 Å². The second kappa shape index (κ2) is 12.0. The van der Waals surface area contributed by atoms with Crippen LogP contribution in [-0.4, -0.2) is 41.6 Å². The van der Waals surface area contributed by atoms with Crippen molar-refractivity contribution in [3.63, 3.8) is 0 Å². The molecule has 1 atom stereocenters. The van der Waals surface area contributed by atoms with Crippen LogP contribution in [0.3, 0.4) is 0 Å². The molecule has 4 nitrogen and oxygen atoms in total. The molecule has 0 aliphatic carbocycles. The summed E-state index contributed by atoms with van der Waals surface area (Å²) in [5.74, 6) is 0.261. The van der Waals surface area contributed by atoms with E-state index >= 15 is 0 Å². The number of piperidine rings is 1. The first-order valence-electron chi connectivity index (χ1n) is 13.4. The van der Waals surface area contributed by atoms with Gasteiger partial charge in [0.05, 0.1) is 0 Å². The Morgan fingerprint density at radius 1 is 0.806 bits per heavy atom. The third kappa shape index (κ3) is 6.24. The van der Waals surface area contributed by atoms with Gasteiger partial charge in [-0.05, 0) is 61.0 Å². The number of hydrogen-bond acceptors (Lipinski definition) is 2. The van der Waals surface area contributed by atoms with Crippen LogP contribution in [0.15, 0.2) is 91.1 Å². The van der Waals surface area contributed by atoms with Crippen molar-refractivity contribution in [3.8, 4) is 0 Å². The van der Waals surface area contributed by atoms with Crippen molar-refractivity contribution >= 4 is 16.8 Å². The molecule has 0 radical (unpaired) electrons. The molecule has 4 aromatic rings. The molecular weight excluding hydrogens is 442 g/mol. The predicted molar refractivity (Wildman–Crippen MR) is 148 cm³/mol. The fraction of sp³-hybridized carbons (Fsp3) is 0.344. The summed E-state index contributed by atoms with van der Waals surface area (Å²) in [7, 11) is 0. The van der Waals surface area contributed by atoms with E-state index in [9.17, 15) is 4.79 Å². The zero-order chi connectivity index (χ0) is 24.6. The predicted octanol–water partition coefficient (Wildman–Crippen LogP) is 6.01. The zero-order valence-corrected chi connectivity index (χ0v) is 21.1. The quantitative estimate of drug-likeness (QED) is 0.303. The number of aromatic nitrogens is 1. The third-order valence-corrected chi connectivity index (χ3v) is 7.41. The summed E-state index contributed by atoms with van der Waals surface area (Å²) >= 11 is 0. The lowest BCUT2D eigenvalue weighted by atomic mass is 9.88. The Morgan fingerprint density at radius 2 is 1.47 bits per heavy atom. The summed E-state index contributed by atoms with van der Waals surface area (Å²) in [6.45, 7) is 4.82. The van der Waals surface area contributed by atoms with Crippen LogP contribution < -0.4 is 5.32 Å². The lowest BCUT2D eigenvalue weighted by Gasteiger charge is -2.26. The Labute approximate surface area is 214 Å². The molecule has 1 amide bonds. The first-order chi connectivity index (χ1) is 17.8. The van der Waals surface area contributed by atoms with Gasteiger partial charge >= 0.3 is 0 Å². The number of amides is 1. The highest BCUT2D eigenvalue weighted by Crippen LogP contribution is 2.33. The molecule has 0 spiro atoms. The van der Waals surface area contributed by atoms with Gasteiger partial charge in [0.1, 0.15) is 0 Å². The summed E-state index contributed by atoms with van der Waals surface area (Å²) in [5, 5.41) is 4.47. The molecule has 36 heavy (non-hydrogen) atoms. The maximum Gasteiger partial charge on any atom is 0.220 e. The van der Waals surface area contributed by atoms with Crippen LogP contribution in [0, 0.1) is 0 Å². The molecule has 0 bridgehead atoms. The molecule has 1 fully saturated rings. The highest BCUT2D eigenvalue weighted by Gasteiger charge is 2.22. The molecule has 3 aromatic carbocycles. The molecule has 1 unspecified atom stereocenters. The first-order valence-corrected chi connectivity index (χ1v) is 13.4. The molecule has 1 saturated heterocycles. The van der Waals surface area contributed by atoms with Gasteiger partial charge in [0.15, 0.2) is 0 Å². The number of fused-ring (bicyclic) bond motifs is 1. The number of benzene rings is 3. The fourth-order valence-electron chi connectivity index (χ4n) is 5.53. The van der Waals surface area contributed by atoms with Crippen molar-refractivity contribution in [2.75, 3.05) is 26.2 Å². The van der Waals surface area contributed by atoms with Crippen molar-refractivity contribution in [2.24, 2.45) is 0 Å². The van der Waals surface area contributed by atoms with Gasteiger partial charge in [-0.15, -0.1) is 0 Å². The van der Waals surface area contributed by atoms with Gasteiger partial charge in [-0.25, -0.2) is 0 Å². The molecule has 5 rings (SSSR count). The minimum absolute atomic E-state index is 0.115. The van der Waals surface area contributed by atoms with Gasteiger partial charge in [-0.3, -0.25) is 4.79 Å². The van der Waals surface area contributed by atoms with E-state index < -0.39 is 0 Å². The smallest absolute Gasteiger partial charge is 0.220 e. The summed E-state index contributed by atoms with van der Waals surface area (Å²) in [6, 6.07) is 29.8. The number of nitrogens with one attached hydrogen (secondary N) is 1. The average Bonchev–Trinajstić information content (AvgIpc) is 3.28. The zero-order valence-electron chi connectivity index (χ0n) is 21.1. The molecule has 1 aliphatic rings. The van der Waals surface area contributed by atoms with E-state index in [0.717, 1.165) is 39.1 Å². The van der Waals surface area contributed by atoms with Crippen molar-refractivity contribution in [1.29, 1.82) is 0 Å². The van der Waals surface area contributed by atoms with Crippen molar-refractivity contribution in [3.05, 3.63) is 108 Å². The molecule has 2 heterocycles. The maximum atomic E-state index is 13.2. The molecular formula is C32H37N3O. The number of nitrogens with zero attached hydrogens (tertiary/aromatic N) is 2. The van der Waals surface area contributed by atoms with E-state index in [1.807, 2.05) is 0 Å². The Kier molecular flexibility index (Phi) is 8.14. The lowest BCUT2D eigenvalue weighted by molar-refractivity contribution is -0.121. The normalized spacial score (nSPS) is 15.1. The van der Waals surface area contributed by atoms with Crippen LogP contribution in [0.25, 0.3) is 10.9 Å².